The van der Waals surface area contributed by atoms with Crippen molar-refractivity contribution in [1.29, 1.82) is 0 Å². The lowest BCUT2D eigenvalue weighted by Gasteiger charge is -2.23. The fourth-order valence-electron chi connectivity index (χ4n) is 2.79. The first-order valence-electron chi connectivity index (χ1n) is 6.39. The van der Waals surface area contributed by atoms with E-state index in [4.69, 9.17) is 11.6 Å². The maximum Gasteiger partial charge on any atom is 0.331 e. The lowest BCUT2D eigenvalue weighted by molar-refractivity contribution is 0.342. The number of rotatable bonds is 2. The van der Waals surface area contributed by atoms with E-state index in [-0.39, 0.29) is 11.7 Å². The number of nitrogens with one attached hydrogen (secondary N) is 1. The smallest absolute Gasteiger partial charge is 0.317 e. The minimum atomic E-state index is -0.811. The Bertz CT molecular complexity index is 658. The number of aromatic nitrogens is 2. The standard InChI is InChI=1S/C13H15ClFN3O/c14-9-1-2-11-12(7-9)18(13(19)17(11)8-15)10-3-5-16-6-4-10/h1-2,7,10,16H,3-6,8H2. The van der Waals surface area contributed by atoms with E-state index in [1.54, 1.807) is 22.8 Å². The van der Waals surface area contributed by atoms with Crippen molar-refractivity contribution in [2.45, 2.75) is 25.7 Å². The van der Waals surface area contributed by atoms with E-state index in [9.17, 15) is 9.18 Å². The fraction of sp³-hybridized carbons (Fsp3) is 0.462. The average Bonchev–Trinajstić information content (AvgIpc) is 2.70. The van der Waals surface area contributed by atoms with E-state index in [1.165, 1.54) is 0 Å². The Kier molecular flexibility index (Phi) is 3.33. The van der Waals surface area contributed by atoms with Crippen LogP contribution in [0.5, 0.6) is 0 Å². The van der Waals surface area contributed by atoms with Crippen molar-refractivity contribution >= 4 is 22.6 Å². The highest BCUT2D eigenvalue weighted by Gasteiger charge is 2.22. The van der Waals surface area contributed by atoms with Crippen LogP contribution in [-0.4, -0.2) is 22.2 Å². The lowest BCUT2D eigenvalue weighted by Crippen LogP contribution is -2.34. The van der Waals surface area contributed by atoms with Crippen LogP contribution in [0.3, 0.4) is 0 Å². The summed E-state index contributed by atoms with van der Waals surface area (Å²) < 4.78 is 16.0. The molecule has 1 aliphatic heterocycles. The maximum absolute atomic E-state index is 13.1. The van der Waals surface area contributed by atoms with Gasteiger partial charge in [-0.25, -0.2) is 9.18 Å². The zero-order valence-corrected chi connectivity index (χ0v) is 11.2. The molecule has 0 radical (unpaired) electrons. The third kappa shape index (κ3) is 2.07. The zero-order valence-electron chi connectivity index (χ0n) is 10.4. The minimum absolute atomic E-state index is 0.113. The largest absolute Gasteiger partial charge is 0.331 e. The van der Waals surface area contributed by atoms with Crippen LogP contribution in [0.4, 0.5) is 4.39 Å². The van der Waals surface area contributed by atoms with Crippen molar-refractivity contribution in [3.63, 3.8) is 0 Å². The molecule has 102 valence electrons. The van der Waals surface area contributed by atoms with Crippen molar-refractivity contribution in [3.8, 4) is 0 Å². The number of hydrogen-bond donors (Lipinski definition) is 1. The van der Waals surface area contributed by atoms with E-state index in [1.807, 2.05) is 0 Å². The first-order valence-corrected chi connectivity index (χ1v) is 6.77. The Balaban J connectivity index is 2.24. The summed E-state index contributed by atoms with van der Waals surface area (Å²) in [5, 5.41) is 3.82. The Labute approximate surface area is 114 Å². The Morgan fingerprint density at radius 1 is 1.32 bits per heavy atom. The SMILES string of the molecule is O=c1n(CF)c2ccc(Cl)cc2n1C1CCNCC1. The molecule has 0 bridgehead atoms. The number of benzene rings is 1. The Hall–Kier alpha value is -1.33. The summed E-state index contributed by atoms with van der Waals surface area (Å²) in [5.41, 5.74) is 1.05. The maximum atomic E-state index is 13.1. The normalized spacial score (nSPS) is 17.2. The zero-order chi connectivity index (χ0) is 13.4. The molecule has 0 saturated carbocycles. The molecular weight excluding hydrogens is 269 g/mol. The Morgan fingerprint density at radius 2 is 2.05 bits per heavy atom. The molecule has 1 aromatic heterocycles. The highest BCUT2D eigenvalue weighted by molar-refractivity contribution is 6.31. The number of alkyl halides is 1. The van der Waals surface area contributed by atoms with Gasteiger partial charge in [-0.15, -0.1) is 0 Å². The summed E-state index contributed by atoms with van der Waals surface area (Å²) >= 11 is 6.00. The van der Waals surface area contributed by atoms with Crippen molar-refractivity contribution in [2.24, 2.45) is 0 Å². The van der Waals surface area contributed by atoms with Gasteiger partial charge in [-0.05, 0) is 44.1 Å². The number of hydrogen-bond acceptors (Lipinski definition) is 2. The van der Waals surface area contributed by atoms with E-state index in [0.717, 1.165) is 36.0 Å². The summed E-state index contributed by atoms with van der Waals surface area (Å²) in [6.45, 7) is 0.939. The summed E-state index contributed by atoms with van der Waals surface area (Å²) in [7, 11) is 0. The molecule has 0 unspecified atom stereocenters. The molecule has 6 heteroatoms. The summed E-state index contributed by atoms with van der Waals surface area (Å²) in [5.74, 6) is 0. The highest BCUT2D eigenvalue weighted by Crippen LogP contribution is 2.25. The predicted molar refractivity (Wildman–Crippen MR) is 73.5 cm³/mol. The van der Waals surface area contributed by atoms with Gasteiger partial charge in [0.25, 0.3) is 0 Å². The minimum Gasteiger partial charge on any atom is -0.317 e. The predicted octanol–water partition coefficient (Wildman–Crippen LogP) is 2.31. The topological polar surface area (TPSA) is 39.0 Å². The van der Waals surface area contributed by atoms with Gasteiger partial charge in [0.1, 0.15) is 0 Å². The summed E-state index contributed by atoms with van der Waals surface area (Å²) in [6.07, 6.45) is 1.75. The molecule has 1 N–H and O–H groups in total. The molecule has 1 saturated heterocycles. The van der Waals surface area contributed by atoms with Crippen LogP contribution in [0.1, 0.15) is 18.9 Å². The number of halogens is 2. The van der Waals surface area contributed by atoms with Crippen molar-refractivity contribution < 1.29 is 4.39 Å². The molecule has 1 aliphatic rings. The van der Waals surface area contributed by atoms with Crippen molar-refractivity contribution in [2.75, 3.05) is 13.1 Å². The quantitative estimate of drug-likeness (QED) is 0.919. The Morgan fingerprint density at radius 3 is 2.74 bits per heavy atom. The van der Waals surface area contributed by atoms with Crippen LogP contribution in [0, 0.1) is 0 Å². The van der Waals surface area contributed by atoms with Gasteiger partial charge >= 0.3 is 5.69 Å². The molecule has 3 rings (SSSR count). The van der Waals surface area contributed by atoms with E-state index in [2.05, 4.69) is 5.32 Å². The molecule has 0 spiro atoms. The van der Waals surface area contributed by atoms with E-state index in [0.29, 0.717) is 10.5 Å². The van der Waals surface area contributed by atoms with Crippen LogP contribution in [0.25, 0.3) is 11.0 Å². The summed E-state index contributed by atoms with van der Waals surface area (Å²) in [4.78, 5) is 12.4. The molecule has 0 atom stereocenters. The van der Waals surface area contributed by atoms with E-state index >= 15 is 0 Å². The van der Waals surface area contributed by atoms with Crippen LogP contribution >= 0.6 is 11.6 Å². The number of fused-ring (bicyclic) bond motifs is 1. The second kappa shape index (κ2) is 4.98. The second-order valence-corrected chi connectivity index (χ2v) is 5.25. The monoisotopic (exact) mass is 283 g/mol. The molecule has 1 fully saturated rings. The highest BCUT2D eigenvalue weighted by atomic mass is 35.5. The van der Waals surface area contributed by atoms with Crippen molar-refractivity contribution in [3.05, 3.63) is 33.7 Å². The van der Waals surface area contributed by atoms with Crippen LogP contribution in [0.2, 0.25) is 5.02 Å². The van der Waals surface area contributed by atoms with Crippen LogP contribution < -0.4 is 11.0 Å². The van der Waals surface area contributed by atoms with Gasteiger partial charge in [-0.3, -0.25) is 9.13 Å². The molecular formula is C13H15ClFN3O. The van der Waals surface area contributed by atoms with Gasteiger partial charge in [-0.1, -0.05) is 11.6 Å². The number of imidazole rings is 1. The molecule has 2 heterocycles. The molecule has 1 aromatic carbocycles. The van der Waals surface area contributed by atoms with Gasteiger partial charge in [0.15, 0.2) is 6.80 Å². The molecule has 4 nitrogen and oxygen atoms in total. The number of nitrogens with zero attached hydrogens (tertiary/aromatic N) is 2. The fourth-order valence-corrected chi connectivity index (χ4v) is 2.95. The number of piperidine rings is 1. The molecule has 0 amide bonds. The molecule has 19 heavy (non-hydrogen) atoms. The van der Waals surface area contributed by atoms with Crippen molar-refractivity contribution in [1.82, 2.24) is 14.5 Å². The summed E-state index contributed by atoms with van der Waals surface area (Å²) in [6, 6.07) is 5.24. The van der Waals surface area contributed by atoms with E-state index < -0.39 is 6.80 Å². The third-order valence-electron chi connectivity index (χ3n) is 3.72. The van der Waals surface area contributed by atoms with Gasteiger partial charge in [0.2, 0.25) is 0 Å². The van der Waals surface area contributed by atoms with Gasteiger partial charge in [0.05, 0.1) is 11.0 Å². The van der Waals surface area contributed by atoms with Gasteiger partial charge < -0.3 is 5.32 Å². The molecule has 2 aromatic rings. The third-order valence-corrected chi connectivity index (χ3v) is 3.95. The lowest BCUT2D eigenvalue weighted by atomic mass is 10.1. The van der Waals surface area contributed by atoms with Gasteiger partial charge in [0, 0.05) is 11.1 Å². The second-order valence-electron chi connectivity index (χ2n) is 4.81. The molecule has 0 aliphatic carbocycles. The van der Waals surface area contributed by atoms with Crippen LogP contribution in [-0.2, 0) is 6.80 Å². The van der Waals surface area contributed by atoms with Crippen LogP contribution in [0.15, 0.2) is 23.0 Å². The first kappa shape index (κ1) is 12.7. The average molecular weight is 284 g/mol. The van der Waals surface area contributed by atoms with Gasteiger partial charge in [-0.2, -0.15) is 0 Å². The first-order chi connectivity index (χ1) is 9.22.